The van der Waals surface area contributed by atoms with Crippen molar-refractivity contribution in [1.82, 2.24) is 0 Å². The van der Waals surface area contributed by atoms with Crippen molar-refractivity contribution in [2.45, 2.75) is 18.7 Å². The van der Waals surface area contributed by atoms with Gasteiger partial charge in [-0.05, 0) is 64.7 Å². The Labute approximate surface area is 139 Å². The molecule has 21 heavy (non-hydrogen) atoms. The molecule has 0 aliphatic heterocycles. The molecule has 0 bridgehead atoms. The van der Waals surface area contributed by atoms with Gasteiger partial charge in [0.1, 0.15) is 11.5 Å². The first kappa shape index (κ1) is 16.2. The summed E-state index contributed by atoms with van der Waals surface area (Å²) in [7, 11) is 1.66. The molecule has 0 spiro atoms. The molecule has 1 atom stereocenters. The van der Waals surface area contributed by atoms with Crippen molar-refractivity contribution in [3.63, 3.8) is 0 Å². The molecule has 2 rings (SSSR count). The predicted octanol–water partition coefficient (Wildman–Crippen LogP) is 5.38. The summed E-state index contributed by atoms with van der Waals surface area (Å²) in [4.78, 5) is 0. The number of rotatable bonds is 6. The molecule has 2 aromatic rings. The minimum atomic E-state index is -0.0784. The average Bonchev–Trinajstić information content (AvgIpc) is 2.50. The molecular weight excluding hydrogens is 352 g/mol. The molecule has 0 aliphatic rings. The van der Waals surface area contributed by atoms with Gasteiger partial charge in [-0.25, -0.2) is 0 Å². The van der Waals surface area contributed by atoms with E-state index in [1.54, 1.807) is 7.11 Å². The van der Waals surface area contributed by atoms with E-state index in [9.17, 15) is 0 Å². The van der Waals surface area contributed by atoms with Gasteiger partial charge in [-0.15, -0.1) is 11.6 Å². The highest BCUT2D eigenvalue weighted by molar-refractivity contribution is 9.10. The summed E-state index contributed by atoms with van der Waals surface area (Å²) in [6, 6.07) is 14.0. The third kappa shape index (κ3) is 4.39. The van der Waals surface area contributed by atoms with Crippen LogP contribution in [0.4, 0.5) is 0 Å². The first-order valence-corrected chi connectivity index (χ1v) is 8.06. The zero-order valence-corrected chi connectivity index (χ0v) is 14.4. The molecule has 0 N–H and O–H groups in total. The third-order valence-electron chi connectivity index (χ3n) is 3.19. The largest absolute Gasteiger partial charge is 0.497 e. The maximum Gasteiger partial charge on any atom is 0.133 e. The lowest BCUT2D eigenvalue weighted by atomic mass is 10.0. The minimum absolute atomic E-state index is 0.0784. The lowest BCUT2D eigenvalue weighted by Crippen LogP contribution is -1.98. The van der Waals surface area contributed by atoms with E-state index in [1.807, 2.05) is 49.4 Å². The second-order valence-electron chi connectivity index (χ2n) is 4.64. The molecule has 0 aliphatic carbocycles. The molecule has 2 aromatic carbocycles. The summed E-state index contributed by atoms with van der Waals surface area (Å²) >= 11 is 10.0. The van der Waals surface area contributed by atoms with Gasteiger partial charge in [0, 0.05) is 0 Å². The smallest absolute Gasteiger partial charge is 0.133 e. The van der Waals surface area contributed by atoms with E-state index in [-0.39, 0.29) is 5.38 Å². The summed E-state index contributed by atoms with van der Waals surface area (Å²) in [6.45, 7) is 2.61. The molecule has 112 valence electrons. The van der Waals surface area contributed by atoms with Gasteiger partial charge in [-0.3, -0.25) is 0 Å². The average molecular weight is 370 g/mol. The maximum absolute atomic E-state index is 6.52. The van der Waals surface area contributed by atoms with E-state index in [0.717, 1.165) is 28.0 Å². The topological polar surface area (TPSA) is 18.5 Å². The van der Waals surface area contributed by atoms with Gasteiger partial charge >= 0.3 is 0 Å². The van der Waals surface area contributed by atoms with Gasteiger partial charge in [0.25, 0.3) is 0 Å². The van der Waals surface area contributed by atoms with E-state index < -0.39 is 0 Å². The molecule has 1 unspecified atom stereocenters. The highest BCUT2D eigenvalue weighted by Gasteiger charge is 2.11. The van der Waals surface area contributed by atoms with E-state index in [1.165, 1.54) is 5.56 Å². The Hall–Kier alpha value is -1.19. The highest BCUT2D eigenvalue weighted by Crippen LogP contribution is 2.32. The number of ether oxygens (including phenoxy) is 2. The molecule has 0 heterocycles. The van der Waals surface area contributed by atoms with Gasteiger partial charge in [-0.2, -0.15) is 0 Å². The Morgan fingerprint density at radius 2 is 1.86 bits per heavy atom. The van der Waals surface area contributed by atoms with Gasteiger partial charge in [0.2, 0.25) is 0 Å². The number of benzene rings is 2. The second-order valence-corrected chi connectivity index (χ2v) is 6.02. The monoisotopic (exact) mass is 368 g/mol. The third-order valence-corrected chi connectivity index (χ3v) is 4.22. The summed E-state index contributed by atoms with van der Waals surface area (Å²) in [5.41, 5.74) is 2.25. The second kappa shape index (κ2) is 7.71. The number of hydrogen-bond acceptors (Lipinski definition) is 2. The number of hydrogen-bond donors (Lipinski definition) is 0. The van der Waals surface area contributed by atoms with Crippen LogP contribution in [0, 0.1) is 0 Å². The minimum Gasteiger partial charge on any atom is -0.497 e. The van der Waals surface area contributed by atoms with Crippen LogP contribution in [0.5, 0.6) is 11.5 Å². The summed E-state index contributed by atoms with van der Waals surface area (Å²) in [5, 5.41) is -0.0784. The van der Waals surface area contributed by atoms with Crippen LogP contribution in [-0.2, 0) is 6.42 Å². The van der Waals surface area contributed by atoms with Crippen molar-refractivity contribution in [2.24, 2.45) is 0 Å². The first-order chi connectivity index (χ1) is 10.1. The molecule has 0 amide bonds. The molecule has 0 aromatic heterocycles. The number of methoxy groups -OCH3 is 1. The van der Waals surface area contributed by atoms with Crippen molar-refractivity contribution in [3.8, 4) is 11.5 Å². The standard InChI is InChI=1S/C17H18BrClO2/c1-3-21-17-9-6-13(11-15(17)18)16(19)10-12-4-7-14(20-2)8-5-12/h4-9,11,16H,3,10H2,1-2H3. The van der Waals surface area contributed by atoms with Crippen LogP contribution in [0.3, 0.4) is 0 Å². The lowest BCUT2D eigenvalue weighted by Gasteiger charge is -2.13. The van der Waals surface area contributed by atoms with Crippen molar-refractivity contribution in [2.75, 3.05) is 13.7 Å². The molecular formula is C17H18BrClO2. The van der Waals surface area contributed by atoms with Crippen LogP contribution < -0.4 is 9.47 Å². The quantitative estimate of drug-likeness (QED) is 0.636. The highest BCUT2D eigenvalue weighted by atomic mass is 79.9. The Kier molecular flexibility index (Phi) is 5.95. The van der Waals surface area contributed by atoms with Crippen LogP contribution >= 0.6 is 27.5 Å². The first-order valence-electron chi connectivity index (χ1n) is 6.83. The van der Waals surface area contributed by atoms with Crippen molar-refractivity contribution in [1.29, 1.82) is 0 Å². The fourth-order valence-corrected chi connectivity index (χ4v) is 2.90. The maximum atomic E-state index is 6.52. The van der Waals surface area contributed by atoms with Crippen molar-refractivity contribution >= 4 is 27.5 Å². The van der Waals surface area contributed by atoms with Crippen molar-refractivity contribution < 1.29 is 9.47 Å². The predicted molar refractivity (Wildman–Crippen MR) is 90.6 cm³/mol. The van der Waals surface area contributed by atoms with Gasteiger partial charge in [0.15, 0.2) is 0 Å². The SMILES string of the molecule is CCOc1ccc(C(Cl)Cc2ccc(OC)cc2)cc1Br. The Morgan fingerprint density at radius 3 is 2.43 bits per heavy atom. The number of halogens is 2. The molecule has 0 fully saturated rings. The Bertz CT molecular complexity index is 584. The van der Waals surface area contributed by atoms with Gasteiger partial charge < -0.3 is 9.47 Å². The zero-order valence-electron chi connectivity index (χ0n) is 12.1. The summed E-state index contributed by atoms with van der Waals surface area (Å²) in [5.74, 6) is 1.70. The Morgan fingerprint density at radius 1 is 1.14 bits per heavy atom. The summed E-state index contributed by atoms with van der Waals surface area (Å²) < 4.78 is 11.6. The van der Waals surface area contributed by atoms with E-state index >= 15 is 0 Å². The van der Waals surface area contributed by atoms with E-state index in [0.29, 0.717) is 6.61 Å². The lowest BCUT2D eigenvalue weighted by molar-refractivity contribution is 0.338. The fraction of sp³-hybridized carbons (Fsp3) is 0.294. The fourth-order valence-electron chi connectivity index (χ4n) is 2.07. The van der Waals surface area contributed by atoms with Crippen LogP contribution in [-0.4, -0.2) is 13.7 Å². The zero-order chi connectivity index (χ0) is 15.2. The summed E-state index contributed by atoms with van der Waals surface area (Å²) in [6.07, 6.45) is 0.770. The molecule has 0 radical (unpaired) electrons. The van der Waals surface area contributed by atoms with Crippen molar-refractivity contribution in [3.05, 3.63) is 58.1 Å². The van der Waals surface area contributed by atoms with Crippen LogP contribution in [0.15, 0.2) is 46.9 Å². The molecule has 2 nitrogen and oxygen atoms in total. The van der Waals surface area contributed by atoms with Crippen LogP contribution in [0.1, 0.15) is 23.4 Å². The van der Waals surface area contributed by atoms with Crippen LogP contribution in [0.25, 0.3) is 0 Å². The molecule has 0 saturated carbocycles. The number of alkyl halides is 1. The Balaban J connectivity index is 2.08. The van der Waals surface area contributed by atoms with Crippen LogP contribution in [0.2, 0.25) is 0 Å². The van der Waals surface area contributed by atoms with Gasteiger partial charge in [0.05, 0.1) is 23.6 Å². The van der Waals surface area contributed by atoms with Gasteiger partial charge in [-0.1, -0.05) is 18.2 Å². The normalized spacial score (nSPS) is 12.0. The molecule has 0 saturated heterocycles. The molecule has 4 heteroatoms. The van der Waals surface area contributed by atoms with E-state index in [2.05, 4.69) is 15.9 Å². The van der Waals surface area contributed by atoms with E-state index in [4.69, 9.17) is 21.1 Å².